The van der Waals surface area contributed by atoms with Gasteiger partial charge in [0.2, 0.25) is 11.8 Å². The van der Waals surface area contributed by atoms with Crippen LogP contribution in [0, 0.1) is 18.8 Å². The average Bonchev–Trinajstić information content (AvgIpc) is 3.84. The Kier molecular flexibility index (Phi) is 9.31. The molecule has 0 saturated carbocycles. The van der Waals surface area contributed by atoms with Gasteiger partial charge in [0, 0.05) is 44.6 Å². The Balaban J connectivity index is 1.08. The minimum atomic E-state index is -0.774. The highest BCUT2D eigenvalue weighted by atomic mass is 32.1. The number of hydrogen-bond donors (Lipinski definition) is 2. The summed E-state index contributed by atoms with van der Waals surface area (Å²) in [5.74, 6) is 0.292. The van der Waals surface area contributed by atoms with E-state index in [1.807, 2.05) is 56.6 Å². The highest BCUT2D eigenvalue weighted by molar-refractivity contribution is 7.13. The Hall–Kier alpha value is -3.32. The van der Waals surface area contributed by atoms with Gasteiger partial charge in [-0.1, -0.05) is 43.3 Å². The summed E-state index contributed by atoms with van der Waals surface area (Å²) in [6, 6.07) is 9.10. The predicted molar refractivity (Wildman–Crippen MR) is 165 cm³/mol. The molecule has 44 heavy (non-hydrogen) atoms. The van der Waals surface area contributed by atoms with Crippen molar-refractivity contribution in [2.45, 2.75) is 70.9 Å². The lowest BCUT2D eigenvalue weighted by atomic mass is 9.91. The van der Waals surface area contributed by atoms with Crippen LogP contribution in [0.25, 0.3) is 10.4 Å². The van der Waals surface area contributed by atoms with E-state index in [-0.39, 0.29) is 37.0 Å². The molecule has 3 atom stereocenters. The van der Waals surface area contributed by atoms with Crippen LogP contribution in [0.5, 0.6) is 0 Å². The van der Waals surface area contributed by atoms with Crippen LogP contribution in [-0.2, 0) is 25.6 Å². The third-order valence-corrected chi connectivity index (χ3v) is 9.92. The van der Waals surface area contributed by atoms with Gasteiger partial charge in [0.25, 0.3) is 0 Å². The molecule has 0 aliphatic carbocycles. The number of carbonyl (C=O) groups excluding carboxylic acids is 2. The topological polar surface area (TPSA) is 130 Å². The van der Waals surface area contributed by atoms with Crippen LogP contribution < -0.4 is 10.2 Å². The largest absolute Gasteiger partial charge is 0.391 e. The Morgan fingerprint density at radius 2 is 1.86 bits per heavy atom. The van der Waals surface area contributed by atoms with Crippen LogP contribution in [0.3, 0.4) is 0 Å². The summed E-state index contributed by atoms with van der Waals surface area (Å²) in [6.07, 6.45) is 1.16. The molecule has 5 heterocycles. The predicted octanol–water partition coefficient (Wildman–Crippen LogP) is 3.71. The molecule has 1 aromatic carbocycles. The van der Waals surface area contributed by atoms with Crippen molar-refractivity contribution < 1.29 is 28.7 Å². The first-order valence-corrected chi connectivity index (χ1v) is 16.4. The van der Waals surface area contributed by atoms with Crippen LogP contribution in [0.4, 0.5) is 5.82 Å². The number of nitrogens with one attached hydrogen (secondary N) is 1. The van der Waals surface area contributed by atoms with E-state index in [2.05, 4.69) is 20.4 Å². The fourth-order valence-corrected chi connectivity index (χ4v) is 7.32. The van der Waals surface area contributed by atoms with Crippen LogP contribution in [0.1, 0.15) is 56.0 Å². The summed E-state index contributed by atoms with van der Waals surface area (Å²) < 4.78 is 17.2. The summed E-state index contributed by atoms with van der Waals surface area (Å²) in [5, 5.41) is 17.8. The number of thiazole rings is 1. The minimum Gasteiger partial charge on any atom is -0.391 e. The molecule has 11 nitrogen and oxygen atoms in total. The number of piperidine rings is 1. The van der Waals surface area contributed by atoms with Gasteiger partial charge in [-0.25, -0.2) is 4.98 Å². The van der Waals surface area contributed by atoms with Crippen molar-refractivity contribution in [3.05, 3.63) is 52.9 Å². The van der Waals surface area contributed by atoms with Gasteiger partial charge in [0.15, 0.2) is 17.9 Å². The third kappa shape index (κ3) is 6.53. The molecule has 0 radical (unpaired) electrons. The fourth-order valence-electron chi connectivity index (χ4n) is 6.50. The number of amides is 2. The highest BCUT2D eigenvalue weighted by Crippen LogP contribution is 2.34. The molecule has 6 rings (SSSR count). The number of nitrogens with zero attached hydrogens (tertiary/aromatic N) is 4. The average molecular weight is 624 g/mol. The van der Waals surface area contributed by atoms with Crippen molar-refractivity contribution in [3.63, 3.8) is 0 Å². The van der Waals surface area contributed by atoms with Gasteiger partial charge in [-0.15, -0.1) is 11.3 Å². The fraction of sp³-hybridized carbons (Fsp3) is 0.562. The zero-order chi connectivity index (χ0) is 30.8. The molecule has 3 saturated heterocycles. The quantitative estimate of drug-likeness (QED) is 0.366. The number of β-amino-alcohol motifs (C(OH)–C–C–N with tert-alkyl or cyclic N) is 1. The maximum Gasteiger partial charge on any atom is 0.243 e. The monoisotopic (exact) mass is 623 g/mol. The van der Waals surface area contributed by atoms with Gasteiger partial charge in [-0.2, -0.15) is 0 Å². The van der Waals surface area contributed by atoms with Crippen molar-refractivity contribution in [3.8, 4) is 10.4 Å². The number of anilines is 1. The van der Waals surface area contributed by atoms with Crippen LogP contribution in [0.2, 0.25) is 0 Å². The van der Waals surface area contributed by atoms with Crippen LogP contribution in [-0.4, -0.2) is 83.2 Å². The lowest BCUT2D eigenvalue weighted by Crippen LogP contribution is -2.48. The number of ether oxygens (including phenoxy) is 2. The molecular formula is C32H41N5O6S. The number of aromatic nitrogens is 2. The molecule has 2 N–H and O–H groups in total. The molecule has 0 spiro atoms. The third-order valence-electron chi connectivity index (χ3n) is 8.94. The molecule has 3 aliphatic rings. The van der Waals surface area contributed by atoms with Crippen LogP contribution >= 0.6 is 11.3 Å². The van der Waals surface area contributed by atoms with Gasteiger partial charge in [0.1, 0.15) is 12.0 Å². The van der Waals surface area contributed by atoms with Crippen molar-refractivity contribution >= 4 is 29.0 Å². The van der Waals surface area contributed by atoms with E-state index in [1.54, 1.807) is 11.3 Å². The second-order valence-corrected chi connectivity index (χ2v) is 13.2. The number of aliphatic hydroxyl groups excluding tert-OH is 1. The lowest BCUT2D eigenvalue weighted by Gasteiger charge is -2.33. The normalized spacial score (nSPS) is 22.2. The first-order chi connectivity index (χ1) is 21.3. The SMILES string of the molecule is Cc1ncsc1-c1ccc(CNC(=O)[C@@H]2C[C@@H](O)CN2C(=O)C(c2cc(N3CCC(C4OCCO4)CC3)no2)C(C)C)cc1. The zero-order valence-corrected chi connectivity index (χ0v) is 26.3. The van der Waals surface area contributed by atoms with Crippen molar-refractivity contribution in [1.29, 1.82) is 0 Å². The molecule has 0 bridgehead atoms. The second-order valence-electron chi connectivity index (χ2n) is 12.3. The van der Waals surface area contributed by atoms with Gasteiger partial charge < -0.3 is 34.2 Å². The molecule has 3 aromatic rings. The molecule has 236 valence electrons. The molecule has 1 unspecified atom stereocenters. The number of aliphatic hydroxyl groups is 1. The number of benzene rings is 1. The van der Waals surface area contributed by atoms with E-state index in [0.29, 0.717) is 37.3 Å². The Labute approximate surface area is 261 Å². The molecule has 3 fully saturated rings. The molecule has 3 aliphatic heterocycles. The van der Waals surface area contributed by atoms with Gasteiger partial charge >= 0.3 is 0 Å². The van der Waals surface area contributed by atoms with Crippen molar-refractivity contribution in [2.24, 2.45) is 11.8 Å². The number of carbonyl (C=O) groups is 2. The smallest absolute Gasteiger partial charge is 0.243 e. The molecule has 12 heteroatoms. The number of likely N-dealkylation sites (tertiary alicyclic amines) is 1. The van der Waals surface area contributed by atoms with E-state index in [4.69, 9.17) is 14.0 Å². The Morgan fingerprint density at radius 3 is 2.52 bits per heavy atom. The van der Waals surface area contributed by atoms with E-state index >= 15 is 0 Å². The zero-order valence-electron chi connectivity index (χ0n) is 25.5. The summed E-state index contributed by atoms with van der Waals surface area (Å²) in [4.78, 5) is 36.5. The minimum absolute atomic E-state index is 0.100. The summed E-state index contributed by atoms with van der Waals surface area (Å²) in [5.41, 5.74) is 4.86. The maximum atomic E-state index is 14.0. The number of hydrogen-bond acceptors (Lipinski definition) is 10. The van der Waals surface area contributed by atoms with Crippen LogP contribution in [0.15, 0.2) is 40.4 Å². The molecule has 2 aromatic heterocycles. The van der Waals surface area contributed by atoms with E-state index in [0.717, 1.165) is 47.6 Å². The van der Waals surface area contributed by atoms with Crippen molar-refractivity contribution in [1.82, 2.24) is 20.4 Å². The molecular weight excluding hydrogens is 582 g/mol. The van der Waals surface area contributed by atoms with Crippen molar-refractivity contribution in [2.75, 3.05) is 37.7 Å². The van der Waals surface area contributed by atoms with E-state index < -0.39 is 18.1 Å². The number of rotatable bonds is 9. The first-order valence-electron chi connectivity index (χ1n) is 15.5. The lowest BCUT2D eigenvalue weighted by molar-refractivity contribution is -0.141. The number of aryl methyl sites for hydroxylation is 1. The first kappa shape index (κ1) is 30.7. The van der Waals surface area contributed by atoms with E-state index in [1.165, 1.54) is 4.90 Å². The van der Waals surface area contributed by atoms with Gasteiger partial charge in [-0.05, 0) is 36.8 Å². The second kappa shape index (κ2) is 13.4. The molecule has 2 amide bonds. The van der Waals surface area contributed by atoms with Gasteiger partial charge in [0.05, 0.1) is 35.4 Å². The maximum absolute atomic E-state index is 14.0. The van der Waals surface area contributed by atoms with E-state index in [9.17, 15) is 14.7 Å². The Morgan fingerprint density at radius 1 is 1.14 bits per heavy atom. The Bertz CT molecular complexity index is 1430. The van der Waals surface area contributed by atoms with Gasteiger partial charge in [-0.3, -0.25) is 9.59 Å². The summed E-state index contributed by atoms with van der Waals surface area (Å²) in [6.45, 7) is 9.23. The summed E-state index contributed by atoms with van der Waals surface area (Å²) in [7, 11) is 0. The summed E-state index contributed by atoms with van der Waals surface area (Å²) >= 11 is 1.60. The standard InChI is InChI=1S/C32H41N5O6S/c1-19(2)28(26-15-27(35-43-26)36-10-8-23(9-11-36)32-41-12-13-42-32)31(40)37-17-24(38)14-25(37)30(39)33-16-21-4-6-22(7-5-21)29-20(3)34-18-44-29/h4-7,15,18-19,23-25,28,32,38H,8-14,16-17H2,1-3H3,(H,33,39)/t24-,25+,28?/m1/s1. The highest BCUT2D eigenvalue weighted by Gasteiger charge is 2.43.